The van der Waals surface area contributed by atoms with Crippen LogP contribution in [-0.2, 0) is 34.0 Å². The zero-order valence-corrected chi connectivity index (χ0v) is 50.6. The summed E-state index contributed by atoms with van der Waals surface area (Å²) in [7, 11) is -1.05. The summed E-state index contributed by atoms with van der Waals surface area (Å²) in [5.74, 6) is -3.74. The van der Waals surface area contributed by atoms with E-state index >= 15 is 0 Å². The van der Waals surface area contributed by atoms with Gasteiger partial charge in [-0.3, -0.25) is 14.5 Å². The molecule has 0 rings (SSSR count). The Bertz CT molecular complexity index is 1350. The van der Waals surface area contributed by atoms with Crippen LogP contribution in [-0.4, -0.2) is 135 Å². The Kier molecular flexibility index (Phi) is 60.8. The molecule has 20 heteroatoms. The molecule has 0 aliphatic heterocycles. The number of carbonyl (C=O) groups is 4. The zero-order chi connectivity index (χ0) is 52.9. The number of aliphatic hydroxyl groups is 5. The molecule has 0 aromatic heterocycles. The molecule has 0 aliphatic rings. The molecule has 6 atom stereocenters. The van der Waals surface area contributed by atoms with Gasteiger partial charge in [-0.1, -0.05) is 201 Å². The first-order chi connectivity index (χ1) is 32.7. The Labute approximate surface area is 474 Å². The summed E-state index contributed by atoms with van der Waals surface area (Å²) in [5, 5.41) is 63.2. The van der Waals surface area contributed by atoms with Crippen LogP contribution in [0.25, 0.3) is 0 Å². The van der Waals surface area contributed by atoms with Gasteiger partial charge in [0, 0.05) is 18.8 Å². The maximum Gasteiger partial charge on any atom is 1.00 e. The number of amides is 1. The first kappa shape index (κ1) is 79.4. The van der Waals surface area contributed by atoms with Crippen molar-refractivity contribution < 1.29 is 132 Å². The van der Waals surface area contributed by atoms with Crippen LogP contribution in [0.1, 0.15) is 233 Å². The summed E-state index contributed by atoms with van der Waals surface area (Å²) in [6.45, 7) is 8.13. The molecule has 0 heterocycles. The second kappa shape index (κ2) is 54.3. The van der Waals surface area contributed by atoms with E-state index in [2.05, 4.69) is 37.9 Å². The molecule has 0 spiro atoms. The van der Waals surface area contributed by atoms with E-state index in [9.17, 15) is 37.3 Å². The van der Waals surface area contributed by atoms with Crippen molar-refractivity contribution in [3.63, 3.8) is 0 Å². The number of rotatable bonds is 44. The number of nitrogens with one attached hydrogen (secondary N) is 1. The minimum absolute atomic E-state index is 0. The van der Waals surface area contributed by atoms with Crippen LogP contribution in [0.3, 0.4) is 0 Å². The summed E-state index contributed by atoms with van der Waals surface area (Å²) in [4.78, 5) is 46.1. The molecule has 0 bridgehead atoms. The van der Waals surface area contributed by atoms with Crippen molar-refractivity contribution in [3.05, 3.63) is 0 Å². The number of hydrogen-bond acceptors (Lipinski definition) is 15. The number of aliphatic carboxylic acids is 2. The second-order valence-electron chi connectivity index (χ2n) is 19.2. The van der Waals surface area contributed by atoms with Crippen molar-refractivity contribution in [1.82, 2.24) is 10.2 Å². The van der Waals surface area contributed by atoms with Crippen molar-refractivity contribution in [3.8, 4) is 0 Å². The van der Waals surface area contributed by atoms with Crippen LogP contribution in [0, 0.1) is 5.92 Å². The van der Waals surface area contributed by atoms with Gasteiger partial charge in [0.2, 0.25) is 5.91 Å². The van der Waals surface area contributed by atoms with Gasteiger partial charge in [-0.15, -0.1) is 0 Å². The van der Waals surface area contributed by atoms with Crippen molar-refractivity contribution >= 4 is 33.9 Å². The van der Waals surface area contributed by atoms with E-state index in [1.807, 2.05) is 14.1 Å². The van der Waals surface area contributed by atoms with Crippen LogP contribution in [0.5, 0.6) is 0 Å². The molecular formula is C51H100N2Na2O15S. The minimum Gasteiger partial charge on any atom is -0.747 e. The van der Waals surface area contributed by atoms with E-state index in [1.165, 1.54) is 154 Å². The number of esters is 1. The Morgan fingerprint density at radius 3 is 1.32 bits per heavy atom. The summed E-state index contributed by atoms with van der Waals surface area (Å²) in [5.41, 5.74) is 0. The molecule has 2 unspecified atom stereocenters. The van der Waals surface area contributed by atoms with E-state index in [1.54, 1.807) is 0 Å². The topological polar surface area (TPSA) is 294 Å². The Hall–Kier alpha value is -0.450. The molecule has 7 N–H and O–H groups in total. The number of unbranched alkanes of at least 4 members (excludes halogenated alkanes) is 26. The number of carbonyl (C=O) groups excluding carboxylic acids is 3. The molecule has 0 fully saturated rings. The van der Waals surface area contributed by atoms with Crippen molar-refractivity contribution in [2.75, 3.05) is 27.3 Å². The molecule has 0 aromatic rings. The van der Waals surface area contributed by atoms with Gasteiger partial charge in [-0.2, -0.15) is 0 Å². The third-order valence-electron chi connectivity index (χ3n) is 12.0. The van der Waals surface area contributed by atoms with Crippen molar-refractivity contribution in [2.45, 2.75) is 269 Å². The van der Waals surface area contributed by atoms with Gasteiger partial charge in [-0.05, 0) is 39.3 Å². The van der Waals surface area contributed by atoms with Crippen LogP contribution in [0.15, 0.2) is 0 Å². The van der Waals surface area contributed by atoms with E-state index in [4.69, 9.17) is 35.4 Å². The van der Waals surface area contributed by atoms with Crippen molar-refractivity contribution in [1.29, 1.82) is 0 Å². The normalized spacial score (nSPS) is 13.7. The molecule has 17 nitrogen and oxygen atoms in total. The summed E-state index contributed by atoms with van der Waals surface area (Å²) >= 11 is 0. The van der Waals surface area contributed by atoms with Crippen LogP contribution < -0.4 is 69.5 Å². The van der Waals surface area contributed by atoms with E-state index in [0.29, 0.717) is 12.8 Å². The summed E-state index contributed by atoms with van der Waals surface area (Å²) in [6, 6.07) is 0. The molecule has 0 saturated heterocycles. The van der Waals surface area contributed by atoms with Gasteiger partial charge in [0.25, 0.3) is 0 Å². The smallest absolute Gasteiger partial charge is 0.747 e. The first-order valence-electron chi connectivity index (χ1n) is 26.5. The first-order valence-corrected chi connectivity index (χ1v) is 28.0. The van der Waals surface area contributed by atoms with Gasteiger partial charge in [-0.25, -0.2) is 13.2 Å². The van der Waals surface area contributed by atoms with Gasteiger partial charge in [0.15, 0.2) is 11.4 Å². The maximum atomic E-state index is 11.9. The largest absolute Gasteiger partial charge is 1.00 e. The maximum absolute atomic E-state index is 11.9. The second-order valence-corrected chi connectivity index (χ2v) is 20.7. The fourth-order valence-corrected chi connectivity index (χ4v) is 8.14. The zero-order valence-electron chi connectivity index (χ0n) is 45.8. The van der Waals surface area contributed by atoms with Gasteiger partial charge in [0.1, 0.15) is 28.4 Å². The summed E-state index contributed by atoms with van der Waals surface area (Å²) < 4.78 is 37.6. The number of carboxylic acids is 2. The predicted molar refractivity (Wildman–Crippen MR) is 268 cm³/mol. The predicted octanol–water partition coefficient (Wildman–Crippen LogP) is 0.878. The number of nitrogens with zero attached hydrogens (tertiary/aromatic N) is 1. The minimum atomic E-state index is -5.08. The molecule has 1 amide bonds. The molecule has 0 aliphatic carbocycles. The molecule has 0 radical (unpaired) electrons. The average Bonchev–Trinajstić information content (AvgIpc) is 3.29. The molecule has 71 heavy (non-hydrogen) atoms. The summed E-state index contributed by atoms with van der Waals surface area (Å²) in [6.07, 6.45) is 29.7. The van der Waals surface area contributed by atoms with E-state index in [-0.39, 0.29) is 77.8 Å². The monoisotopic (exact) mass is 1060 g/mol. The van der Waals surface area contributed by atoms with E-state index < -0.39 is 70.7 Å². The standard InChI is InChI=1S/C23H48N2O.C22H42O7S.C6H12O7.2Na/c1-6-22(25(4)5)24-23(26)20-18-16-14-12-10-8-7-9-11-13-15-17-19-21(2)3;1-2-3-4-5-6-7-8-9-10-11-12-13-14-15-16-17-18-29-22(25)20(19-21(23)24)30(26,27)28;7-1-2(8)3(9)4(10)5(11)6(12)13;;/h21-22H,6-20H2,1-5H3,(H,24,26);20H,2-19H2,1H3,(H,23,24)(H,26,27,28);2-5,7-11H,1H2,(H,12,13);;/q;;;2*+1/p-2/t;;2-,3-,4+,5-;;/m..1../s1. The Balaban J connectivity index is -0.000000323. The molecule has 0 aromatic carbocycles. The molecule has 0 saturated carbocycles. The fraction of sp³-hybridized carbons (Fsp3) is 0.922. The number of aliphatic hydroxyl groups excluding tert-OH is 5. The van der Waals surface area contributed by atoms with Crippen molar-refractivity contribution in [2.24, 2.45) is 5.92 Å². The Morgan fingerprint density at radius 1 is 0.620 bits per heavy atom. The van der Waals surface area contributed by atoms with Crippen LogP contribution in [0.4, 0.5) is 0 Å². The number of hydrogen-bond donors (Lipinski definition) is 7. The number of carboxylic acid groups (broad SMARTS) is 2. The van der Waals surface area contributed by atoms with Gasteiger partial charge < -0.3 is 55.1 Å². The molecular weight excluding hydrogens is 959 g/mol. The quantitative estimate of drug-likeness (QED) is 0.0147. The van der Waals surface area contributed by atoms with Gasteiger partial charge in [0.05, 0.1) is 19.4 Å². The third-order valence-corrected chi connectivity index (χ3v) is 13.0. The fourth-order valence-electron chi connectivity index (χ4n) is 7.50. The third kappa shape index (κ3) is 52.8. The SMILES string of the molecule is CCC(NC(=O)CCCCCCCCCCCCCCC(C)C)N(C)C.CCCCCCCCCCCCCCCCCCOC(=O)C(CC(=O)[O-])S(=O)(=O)[O-].O=C(O)[C@H](O)[C@@H](O)[C@H](O)[C@H](O)CO.[Na+].[Na+]. The van der Waals surface area contributed by atoms with Gasteiger partial charge >= 0.3 is 71.1 Å². The van der Waals surface area contributed by atoms with Crippen LogP contribution >= 0.6 is 0 Å². The Morgan fingerprint density at radius 2 is 1.00 bits per heavy atom. The van der Waals surface area contributed by atoms with E-state index in [0.717, 1.165) is 38.0 Å². The van der Waals surface area contributed by atoms with Crippen LogP contribution in [0.2, 0.25) is 0 Å². The average molecular weight is 1060 g/mol. The number of ether oxygens (including phenoxy) is 1. The molecule has 412 valence electrons.